The van der Waals surface area contributed by atoms with E-state index in [0.717, 1.165) is 0 Å². The van der Waals surface area contributed by atoms with Crippen molar-refractivity contribution in [3.05, 3.63) is 36.1 Å². The Balaban J connectivity index is 4.85. The van der Waals surface area contributed by atoms with E-state index in [2.05, 4.69) is 13.2 Å². The summed E-state index contributed by atoms with van der Waals surface area (Å²) in [6, 6.07) is 0. The number of allylic oxidation sites excluding steroid dienone is 2. The van der Waals surface area contributed by atoms with Crippen LogP contribution in [0.25, 0.3) is 0 Å². The molecule has 13 heavy (non-hydrogen) atoms. The Morgan fingerprint density at radius 3 is 2.00 bits per heavy atom. The van der Waals surface area contributed by atoms with E-state index in [1.807, 2.05) is 13.8 Å². The maximum atomic E-state index is 10.6. The first-order chi connectivity index (χ1) is 5.86. The molecule has 0 unspecified atom stereocenters. The maximum absolute atomic E-state index is 10.6. The van der Waals surface area contributed by atoms with Crippen LogP contribution in [0.5, 0.6) is 0 Å². The molecule has 0 bridgehead atoms. The number of carboxylic acid groups (broad SMARTS) is 1. The van der Waals surface area contributed by atoms with Crippen LogP contribution in [0.4, 0.5) is 0 Å². The van der Waals surface area contributed by atoms with Crippen molar-refractivity contribution in [1.29, 1.82) is 0 Å². The van der Waals surface area contributed by atoms with Gasteiger partial charge in [-0.2, -0.15) is 0 Å². The van der Waals surface area contributed by atoms with E-state index in [-0.39, 0.29) is 11.5 Å². The molecule has 0 spiro atoms. The molecule has 0 saturated heterocycles. The fraction of sp³-hybridized carbons (Fsp3) is 0.300. The highest BCUT2D eigenvalue weighted by atomic mass is 16.4. The largest absolute Gasteiger partial charge is 0.508 e. The predicted octanol–water partition coefficient (Wildman–Crippen LogP) is 2.28. The third-order valence-corrected chi connectivity index (χ3v) is 1.61. The average molecular weight is 182 g/mol. The lowest BCUT2D eigenvalue weighted by Gasteiger charge is -2.05. The van der Waals surface area contributed by atoms with E-state index < -0.39 is 11.7 Å². The van der Waals surface area contributed by atoms with Gasteiger partial charge in [-0.15, -0.1) is 0 Å². The SMILES string of the molecule is C=C(O)/C(=C\C(=C)C(C)C)C(=O)O. The molecule has 0 atom stereocenters. The second-order valence-corrected chi connectivity index (χ2v) is 3.04. The summed E-state index contributed by atoms with van der Waals surface area (Å²) >= 11 is 0. The quantitative estimate of drug-likeness (QED) is 0.398. The molecule has 0 aromatic rings. The number of aliphatic carboxylic acids is 1. The third kappa shape index (κ3) is 3.60. The van der Waals surface area contributed by atoms with Gasteiger partial charge in [0.25, 0.3) is 0 Å². The molecule has 0 amide bonds. The average Bonchev–Trinajstić information content (AvgIpc) is 1.97. The molecular weight excluding hydrogens is 168 g/mol. The summed E-state index contributed by atoms with van der Waals surface area (Å²) in [5.41, 5.74) is 0.436. The zero-order valence-corrected chi connectivity index (χ0v) is 7.87. The van der Waals surface area contributed by atoms with E-state index in [4.69, 9.17) is 10.2 Å². The molecule has 3 heteroatoms. The minimum absolute atomic E-state index is 0.147. The van der Waals surface area contributed by atoms with Crippen LogP contribution in [-0.2, 0) is 4.79 Å². The number of rotatable bonds is 4. The van der Waals surface area contributed by atoms with E-state index in [9.17, 15) is 4.79 Å². The minimum atomic E-state index is -1.20. The number of carbonyl (C=O) groups is 1. The van der Waals surface area contributed by atoms with Crippen LogP contribution >= 0.6 is 0 Å². The van der Waals surface area contributed by atoms with Gasteiger partial charge < -0.3 is 10.2 Å². The van der Waals surface area contributed by atoms with Crippen molar-refractivity contribution in [2.24, 2.45) is 5.92 Å². The second kappa shape index (κ2) is 4.50. The van der Waals surface area contributed by atoms with Gasteiger partial charge in [0.15, 0.2) is 0 Å². The lowest BCUT2D eigenvalue weighted by molar-refractivity contribution is -0.132. The van der Waals surface area contributed by atoms with Crippen molar-refractivity contribution in [1.82, 2.24) is 0 Å². The van der Waals surface area contributed by atoms with Gasteiger partial charge in [-0.25, -0.2) is 4.79 Å². The number of aliphatic hydroxyl groups excluding tert-OH is 1. The number of hydrogen-bond acceptors (Lipinski definition) is 2. The van der Waals surface area contributed by atoms with E-state index >= 15 is 0 Å². The van der Waals surface area contributed by atoms with Gasteiger partial charge in [0.05, 0.1) is 0 Å². The Labute approximate surface area is 77.7 Å². The van der Waals surface area contributed by atoms with Crippen LogP contribution in [0.1, 0.15) is 13.8 Å². The standard InChI is InChI=1S/C10H14O3/c1-6(2)7(3)5-9(8(4)11)10(12)13/h5-6,11H,3-4H2,1-2H3,(H,12,13)/b9-5+. The van der Waals surface area contributed by atoms with Crippen molar-refractivity contribution >= 4 is 5.97 Å². The normalized spacial score (nSPS) is 11.5. The van der Waals surface area contributed by atoms with Crippen molar-refractivity contribution in [2.45, 2.75) is 13.8 Å². The van der Waals surface area contributed by atoms with Crippen LogP contribution in [0.3, 0.4) is 0 Å². The van der Waals surface area contributed by atoms with Crippen LogP contribution in [0, 0.1) is 5.92 Å². The Bertz CT molecular complexity index is 256. The molecule has 0 fully saturated rings. The Morgan fingerprint density at radius 1 is 1.31 bits per heavy atom. The molecule has 0 aliphatic rings. The summed E-state index contributed by atoms with van der Waals surface area (Å²) in [5.74, 6) is -1.50. The number of carboxylic acids is 1. The van der Waals surface area contributed by atoms with Crippen molar-refractivity contribution in [3.8, 4) is 0 Å². The monoisotopic (exact) mass is 182 g/mol. The smallest absolute Gasteiger partial charge is 0.339 e. The minimum Gasteiger partial charge on any atom is -0.508 e. The molecule has 2 N–H and O–H groups in total. The van der Waals surface area contributed by atoms with Gasteiger partial charge in [-0.3, -0.25) is 0 Å². The summed E-state index contributed by atoms with van der Waals surface area (Å²) in [7, 11) is 0. The first-order valence-electron chi connectivity index (χ1n) is 3.88. The van der Waals surface area contributed by atoms with Gasteiger partial charge in [-0.1, -0.05) is 32.6 Å². The highest BCUT2D eigenvalue weighted by Crippen LogP contribution is 2.14. The van der Waals surface area contributed by atoms with Gasteiger partial charge >= 0.3 is 5.97 Å². The van der Waals surface area contributed by atoms with Gasteiger partial charge in [0.1, 0.15) is 11.3 Å². The Kier molecular flexibility index (Phi) is 3.98. The number of hydrogen-bond donors (Lipinski definition) is 2. The molecule has 0 radical (unpaired) electrons. The lowest BCUT2D eigenvalue weighted by Crippen LogP contribution is -2.04. The molecule has 3 nitrogen and oxygen atoms in total. The first-order valence-corrected chi connectivity index (χ1v) is 3.88. The molecule has 0 aromatic heterocycles. The molecule has 0 aliphatic heterocycles. The van der Waals surface area contributed by atoms with Gasteiger partial charge in [0.2, 0.25) is 0 Å². The molecule has 72 valence electrons. The summed E-state index contributed by atoms with van der Waals surface area (Å²) in [4.78, 5) is 10.6. The molecule has 0 saturated carbocycles. The van der Waals surface area contributed by atoms with Gasteiger partial charge in [0, 0.05) is 0 Å². The Hall–Kier alpha value is -1.51. The molecular formula is C10H14O3. The van der Waals surface area contributed by atoms with Gasteiger partial charge in [-0.05, 0) is 12.0 Å². The predicted molar refractivity (Wildman–Crippen MR) is 51.5 cm³/mol. The highest BCUT2D eigenvalue weighted by molar-refractivity contribution is 5.91. The van der Waals surface area contributed by atoms with E-state index in [0.29, 0.717) is 5.57 Å². The van der Waals surface area contributed by atoms with Crippen molar-refractivity contribution in [3.63, 3.8) is 0 Å². The fourth-order valence-corrected chi connectivity index (χ4v) is 0.621. The zero-order valence-electron chi connectivity index (χ0n) is 7.87. The topological polar surface area (TPSA) is 57.5 Å². The summed E-state index contributed by atoms with van der Waals surface area (Å²) < 4.78 is 0. The second-order valence-electron chi connectivity index (χ2n) is 3.04. The highest BCUT2D eigenvalue weighted by Gasteiger charge is 2.11. The first kappa shape index (κ1) is 11.5. The van der Waals surface area contributed by atoms with Crippen molar-refractivity contribution < 1.29 is 15.0 Å². The van der Waals surface area contributed by atoms with E-state index in [1.54, 1.807) is 0 Å². The molecule has 0 rings (SSSR count). The third-order valence-electron chi connectivity index (χ3n) is 1.61. The molecule has 0 aromatic carbocycles. The molecule has 0 aliphatic carbocycles. The fourth-order valence-electron chi connectivity index (χ4n) is 0.621. The maximum Gasteiger partial charge on any atom is 0.339 e. The van der Waals surface area contributed by atoms with E-state index in [1.165, 1.54) is 6.08 Å². The Morgan fingerprint density at radius 2 is 1.77 bits per heavy atom. The lowest BCUT2D eigenvalue weighted by atomic mass is 10.0. The van der Waals surface area contributed by atoms with Crippen LogP contribution in [0.2, 0.25) is 0 Å². The zero-order chi connectivity index (χ0) is 10.6. The summed E-state index contributed by atoms with van der Waals surface area (Å²) in [5, 5.41) is 17.6. The van der Waals surface area contributed by atoms with Crippen LogP contribution in [0.15, 0.2) is 36.1 Å². The summed E-state index contributed by atoms with van der Waals surface area (Å²) in [6.07, 6.45) is 1.33. The summed E-state index contributed by atoms with van der Waals surface area (Å²) in [6.45, 7) is 10.6. The molecule has 0 heterocycles. The number of aliphatic hydroxyl groups is 1. The van der Waals surface area contributed by atoms with Crippen LogP contribution < -0.4 is 0 Å². The van der Waals surface area contributed by atoms with Crippen LogP contribution in [-0.4, -0.2) is 16.2 Å². The van der Waals surface area contributed by atoms with Crippen molar-refractivity contribution in [2.75, 3.05) is 0 Å².